The summed E-state index contributed by atoms with van der Waals surface area (Å²) in [6.07, 6.45) is 0. The Morgan fingerprint density at radius 1 is 1.40 bits per heavy atom. The van der Waals surface area contributed by atoms with Crippen LogP contribution in [0.5, 0.6) is 11.8 Å². The SMILES string of the molecule is Cc1cc(C#N)nc(Oc2cc(C(=O)O)ccc2Br)n1. The summed E-state index contributed by atoms with van der Waals surface area (Å²) >= 11 is 3.25. The van der Waals surface area contributed by atoms with Crippen LogP contribution >= 0.6 is 15.9 Å². The first kappa shape index (κ1) is 14.0. The average molecular weight is 334 g/mol. The van der Waals surface area contributed by atoms with E-state index in [1.165, 1.54) is 18.2 Å². The van der Waals surface area contributed by atoms with Crippen molar-refractivity contribution in [2.75, 3.05) is 0 Å². The molecule has 0 aliphatic carbocycles. The summed E-state index contributed by atoms with van der Waals surface area (Å²) < 4.78 is 6.00. The van der Waals surface area contributed by atoms with Crippen LogP contribution in [-0.4, -0.2) is 21.0 Å². The van der Waals surface area contributed by atoms with Crippen molar-refractivity contribution in [3.8, 4) is 17.8 Å². The van der Waals surface area contributed by atoms with Crippen LogP contribution in [0.1, 0.15) is 21.7 Å². The van der Waals surface area contributed by atoms with Crippen molar-refractivity contribution in [2.45, 2.75) is 6.92 Å². The zero-order valence-electron chi connectivity index (χ0n) is 10.3. The third kappa shape index (κ3) is 3.10. The molecular weight excluding hydrogens is 326 g/mol. The number of halogens is 1. The van der Waals surface area contributed by atoms with E-state index in [4.69, 9.17) is 15.1 Å². The number of aryl methyl sites for hydroxylation is 1. The van der Waals surface area contributed by atoms with Crippen molar-refractivity contribution >= 4 is 21.9 Å². The van der Waals surface area contributed by atoms with Gasteiger partial charge < -0.3 is 9.84 Å². The van der Waals surface area contributed by atoms with Crippen LogP contribution in [0.4, 0.5) is 0 Å². The van der Waals surface area contributed by atoms with E-state index >= 15 is 0 Å². The molecule has 0 bridgehead atoms. The molecule has 7 heteroatoms. The van der Waals surface area contributed by atoms with Crippen molar-refractivity contribution in [2.24, 2.45) is 0 Å². The van der Waals surface area contributed by atoms with Gasteiger partial charge in [0.1, 0.15) is 17.5 Å². The Labute approximate surface area is 122 Å². The Morgan fingerprint density at radius 3 is 2.80 bits per heavy atom. The molecule has 2 rings (SSSR count). The molecule has 0 saturated heterocycles. The predicted octanol–water partition coefficient (Wildman–Crippen LogP) is 2.91. The van der Waals surface area contributed by atoms with Crippen LogP contribution < -0.4 is 4.74 Å². The fraction of sp³-hybridized carbons (Fsp3) is 0.0769. The molecule has 1 aromatic heterocycles. The lowest BCUT2D eigenvalue weighted by Crippen LogP contribution is -1.99. The van der Waals surface area contributed by atoms with Gasteiger partial charge in [0.2, 0.25) is 0 Å². The molecule has 2 aromatic rings. The minimum Gasteiger partial charge on any atom is -0.478 e. The molecule has 0 atom stereocenters. The monoisotopic (exact) mass is 333 g/mol. The quantitative estimate of drug-likeness (QED) is 0.927. The van der Waals surface area contributed by atoms with Crippen molar-refractivity contribution < 1.29 is 14.6 Å². The van der Waals surface area contributed by atoms with Crippen LogP contribution in [0.25, 0.3) is 0 Å². The van der Waals surface area contributed by atoms with Crippen LogP contribution in [0.3, 0.4) is 0 Å². The average Bonchev–Trinajstić information content (AvgIpc) is 2.40. The van der Waals surface area contributed by atoms with E-state index < -0.39 is 5.97 Å². The number of aromatic carboxylic acids is 1. The van der Waals surface area contributed by atoms with Gasteiger partial charge in [0.05, 0.1) is 10.0 Å². The molecule has 0 fully saturated rings. The standard InChI is InChI=1S/C13H8BrN3O3/c1-7-4-9(6-15)17-13(16-7)20-11-5-8(12(18)19)2-3-10(11)14/h2-5H,1H3,(H,18,19). The molecule has 20 heavy (non-hydrogen) atoms. The second kappa shape index (κ2) is 5.67. The molecule has 6 nitrogen and oxygen atoms in total. The highest BCUT2D eigenvalue weighted by Crippen LogP contribution is 2.29. The lowest BCUT2D eigenvalue weighted by molar-refractivity contribution is 0.0696. The van der Waals surface area contributed by atoms with Crippen LogP contribution in [0.2, 0.25) is 0 Å². The number of nitrogens with zero attached hydrogens (tertiary/aromatic N) is 3. The fourth-order valence-electron chi connectivity index (χ4n) is 1.46. The number of carboxylic acids is 1. The van der Waals surface area contributed by atoms with E-state index in [1.54, 1.807) is 13.0 Å². The second-order valence-electron chi connectivity index (χ2n) is 3.84. The number of hydrogen-bond donors (Lipinski definition) is 1. The zero-order chi connectivity index (χ0) is 14.7. The molecule has 1 heterocycles. The Morgan fingerprint density at radius 2 is 2.15 bits per heavy atom. The normalized spacial score (nSPS) is 9.85. The summed E-state index contributed by atoms with van der Waals surface area (Å²) in [5.41, 5.74) is 0.839. The van der Waals surface area contributed by atoms with Gasteiger partial charge >= 0.3 is 12.0 Å². The largest absolute Gasteiger partial charge is 0.478 e. The molecular formula is C13H8BrN3O3. The summed E-state index contributed by atoms with van der Waals surface area (Å²) in [5, 5.41) is 17.8. The van der Waals surface area contributed by atoms with Gasteiger partial charge in [0.25, 0.3) is 0 Å². The number of carboxylic acid groups (broad SMARTS) is 1. The summed E-state index contributed by atoms with van der Waals surface area (Å²) in [6.45, 7) is 1.71. The van der Waals surface area contributed by atoms with Crippen LogP contribution in [0, 0.1) is 18.3 Å². The first-order chi connectivity index (χ1) is 9.49. The van der Waals surface area contributed by atoms with Crippen molar-refractivity contribution in [1.29, 1.82) is 5.26 Å². The van der Waals surface area contributed by atoms with Gasteiger partial charge in [0, 0.05) is 5.69 Å². The highest BCUT2D eigenvalue weighted by atomic mass is 79.9. The van der Waals surface area contributed by atoms with Crippen molar-refractivity contribution in [1.82, 2.24) is 9.97 Å². The molecule has 1 aromatic carbocycles. The molecule has 100 valence electrons. The molecule has 0 aliphatic heterocycles. The lowest BCUT2D eigenvalue weighted by atomic mass is 10.2. The van der Waals surface area contributed by atoms with Crippen LogP contribution in [-0.2, 0) is 0 Å². The first-order valence-corrected chi connectivity index (χ1v) is 6.25. The van der Waals surface area contributed by atoms with E-state index in [2.05, 4.69) is 25.9 Å². The number of ether oxygens (including phenoxy) is 1. The number of rotatable bonds is 3. The van der Waals surface area contributed by atoms with E-state index in [0.29, 0.717) is 10.2 Å². The Hall–Kier alpha value is -2.46. The highest BCUT2D eigenvalue weighted by Gasteiger charge is 2.11. The molecule has 0 aliphatic rings. The van der Waals surface area contributed by atoms with E-state index in [1.807, 2.05) is 6.07 Å². The minimum atomic E-state index is -1.06. The molecule has 0 radical (unpaired) electrons. The number of aromatic nitrogens is 2. The smallest absolute Gasteiger partial charge is 0.335 e. The maximum atomic E-state index is 10.9. The molecule has 0 unspecified atom stereocenters. The van der Waals surface area contributed by atoms with Gasteiger partial charge in [-0.05, 0) is 47.1 Å². The topological polar surface area (TPSA) is 96.1 Å². The van der Waals surface area contributed by atoms with Crippen molar-refractivity contribution in [3.63, 3.8) is 0 Å². The van der Waals surface area contributed by atoms with Crippen molar-refractivity contribution in [3.05, 3.63) is 45.7 Å². The summed E-state index contributed by atoms with van der Waals surface area (Å²) in [4.78, 5) is 18.9. The Kier molecular flexibility index (Phi) is 3.96. The number of carbonyl (C=O) groups is 1. The summed E-state index contributed by atoms with van der Waals surface area (Å²) in [6, 6.07) is 7.76. The van der Waals surface area contributed by atoms with E-state index in [9.17, 15) is 4.79 Å². The molecule has 0 saturated carbocycles. The predicted molar refractivity (Wildman–Crippen MR) is 72.7 cm³/mol. The van der Waals surface area contributed by atoms with Crippen LogP contribution in [0.15, 0.2) is 28.7 Å². The molecule has 0 spiro atoms. The number of nitriles is 1. The highest BCUT2D eigenvalue weighted by molar-refractivity contribution is 9.10. The lowest BCUT2D eigenvalue weighted by Gasteiger charge is -2.07. The first-order valence-electron chi connectivity index (χ1n) is 5.46. The second-order valence-corrected chi connectivity index (χ2v) is 4.70. The molecule has 0 amide bonds. The number of hydrogen-bond acceptors (Lipinski definition) is 5. The Balaban J connectivity index is 2.39. The van der Waals surface area contributed by atoms with Gasteiger partial charge in [-0.2, -0.15) is 10.2 Å². The summed E-state index contributed by atoms with van der Waals surface area (Å²) in [7, 11) is 0. The maximum absolute atomic E-state index is 10.9. The van der Waals surface area contributed by atoms with E-state index in [0.717, 1.165) is 0 Å². The third-order valence-corrected chi connectivity index (χ3v) is 2.98. The maximum Gasteiger partial charge on any atom is 0.335 e. The van der Waals surface area contributed by atoms with E-state index in [-0.39, 0.29) is 23.0 Å². The molecule has 1 N–H and O–H groups in total. The van der Waals surface area contributed by atoms with Gasteiger partial charge in [-0.15, -0.1) is 0 Å². The third-order valence-electron chi connectivity index (χ3n) is 2.33. The zero-order valence-corrected chi connectivity index (χ0v) is 11.9. The van der Waals surface area contributed by atoms with Gasteiger partial charge in [-0.1, -0.05) is 0 Å². The van der Waals surface area contributed by atoms with Gasteiger partial charge in [-0.3, -0.25) is 0 Å². The number of benzene rings is 1. The Bertz CT molecular complexity index is 725. The fourth-order valence-corrected chi connectivity index (χ4v) is 1.78. The summed E-state index contributed by atoms with van der Waals surface area (Å²) in [5.74, 6) is -0.801. The minimum absolute atomic E-state index is 0.00945. The van der Waals surface area contributed by atoms with Gasteiger partial charge in [0.15, 0.2) is 0 Å². The van der Waals surface area contributed by atoms with Gasteiger partial charge in [-0.25, -0.2) is 9.78 Å².